The van der Waals surface area contributed by atoms with Crippen molar-refractivity contribution in [2.75, 3.05) is 16.2 Å². The van der Waals surface area contributed by atoms with Crippen molar-refractivity contribution in [3.05, 3.63) is 24.4 Å². The Morgan fingerprint density at radius 2 is 2.05 bits per heavy atom. The lowest BCUT2D eigenvalue weighted by molar-refractivity contribution is 0.594. The van der Waals surface area contributed by atoms with Crippen LogP contribution in [-0.4, -0.2) is 24.1 Å². The van der Waals surface area contributed by atoms with Gasteiger partial charge in [0.15, 0.2) is 0 Å². The number of nitrogen functional groups attached to an aromatic ring is 1. The highest BCUT2D eigenvalue weighted by Crippen LogP contribution is 2.18. The van der Waals surface area contributed by atoms with E-state index in [-0.39, 0.29) is 11.7 Å². The molecule has 21 heavy (non-hydrogen) atoms. The van der Waals surface area contributed by atoms with Crippen LogP contribution in [0.5, 0.6) is 0 Å². The van der Waals surface area contributed by atoms with E-state index in [4.69, 9.17) is 5.73 Å². The van der Waals surface area contributed by atoms with Crippen LogP contribution in [0.2, 0.25) is 0 Å². The predicted molar refractivity (Wildman–Crippen MR) is 85.5 cm³/mol. The normalized spacial score (nSPS) is 11.7. The van der Waals surface area contributed by atoms with E-state index in [0.717, 1.165) is 24.6 Å². The molecule has 0 unspecified atom stereocenters. The maximum atomic E-state index is 12.0. The molecule has 0 bridgehead atoms. The third-order valence-corrected chi connectivity index (χ3v) is 4.51. The molecule has 2 rings (SSSR count). The molecule has 0 aliphatic carbocycles. The van der Waals surface area contributed by atoms with Crippen molar-refractivity contribution in [2.45, 2.75) is 32.6 Å². The van der Waals surface area contributed by atoms with Crippen molar-refractivity contribution >= 4 is 32.6 Å². The summed E-state index contributed by atoms with van der Waals surface area (Å²) in [6, 6.07) is 5.11. The molecule has 0 aliphatic heterocycles. The lowest BCUT2D eigenvalue weighted by Crippen LogP contribution is -2.16. The molecule has 1 heterocycles. The van der Waals surface area contributed by atoms with Gasteiger partial charge < -0.3 is 5.73 Å². The van der Waals surface area contributed by atoms with Gasteiger partial charge in [0.05, 0.1) is 11.3 Å². The minimum Gasteiger partial charge on any atom is -0.368 e. The Hall–Kier alpha value is -1.89. The first-order valence-electron chi connectivity index (χ1n) is 7.03. The van der Waals surface area contributed by atoms with Gasteiger partial charge in [-0.2, -0.15) is 0 Å². The average Bonchev–Trinajstić information content (AvgIpc) is 2.43. The number of fused-ring (bicyclic) bond motifs is 1. The van der Waals surface area contributed by atoms with Gasteiger partial charge in [0, 0.05) is 17.3 Å². The Morgan fingerprint density at radius 3 is 2.81 bits per heavy atom. The molecule has 3 N–H and O–H groups in total. The van der Waals surface area contributed by atoms with Crippen LogP contribution in [0.3, 0.4) is 0 Å². The van der Waals surface area contributed by atoms with Crippen LogP contribution in [0, 0.1) is 0 Å². The number of unbranched alkanes of at least 4 members (excludes halogenated alkanes) is 3. The minimum absolute atomic E-state index is 0.142. The second-order valence-electron chi connectivity index (χ2n) is 4.98. The molecular weight excluding hydrogens is 288 g/mol. The molecule has 0 amide bonds. The van der Waals surface area contributed by atoms with Crippen molar-refractivity contribution in [2.24, 2.45) is 0 Å². The van der Waals surface area contributed by atoms with Crippen molar-refractivity contribution < 1.29 is 8.42 Å². The van der Waals surface area contributed by atoms with E-state index in [1.54, 1.807) is 24.4 Å². The van der Waals surface area contributed by atoms with Gasteiger partial charge in [-0.3, -0.25) is 4.72 Å². The van der Waals surface area contributed by atoms with Crippen LogP contribution in [0.25, 0.3) is 10.9 Å². The van der Waals surface area contributed by atoms with Gasteiger partial charge in [0.2, 0.25) is 16.0 Å². The summed E-state index contributed by atoms with van der Waals surface area (Å²) in [7, 11) is -3.31. The Labute approximate surface area is 124 Å². The molecule has 0 spiro atoms. The van der Waals surface area contributed by atoms with Crippen LogP contribution >= 0.6 is 0 Å². The molecule has 2 aromatic rings. The molecule has 0 atom stereocenters. The number of sulfonamides is 1. The zero-order valence-corrected chi connectivity index (χ0v) is 12.9. The van der Waals surface area contributed by atoms with E-state index < -0.39 is 10.0 Å². The highest BCUT2D eigenvalue weighted by Gasteiger charge is 2.10. The lowest BCUT2D eigenvalue weighted by atomic mass is 10.2. The number of benzene rings is 1. The van der Waals surface area contributed by atoms with Crippen molar-refractivity contribution in [3.63, 3.8) is 0 Å². The van der Waals surface area contributed by atoms with Crippen molar-refractivity contribution in [1.82, 2.24) is 9.97 Å². The fraction of sp³-hybridized carbons (Fsp3) is 0.429. The largest absolute Gasteiger partial charge is 0.368 e. The summed E-state index contributed by atoms with van der Waals surface area (Å²) in [6.45, 7) is 2.09. The van der Waals surface area contributed by atoms with E-state index in [0.29, 0.717) is 17.6 Å². The SMILES string of the molecule is CCCCCCS(=O)(=O)Nc1ccc2nc(N)ncc2c1. The first kappa shape index (κ1) is 15.5. The van der Waals surface area contributed by atoms with Crippen molar-refractivity contribution in [1.29, 1.82) is 0 Å². The summed E-state index contributed by atoms with van der Waals surface area (Å²) in [5.74, 6) is 0.343. The highest BCUT2D eigenvalue weighted by molar-refractivity contribution is 7.92. The summed E-state index contributed by atoms with van der Waals surface area (Å²) >= 11 is 0. The van der Waals surface area contributed by atoms with Gasteiger partial charge in [-0.05, 0) is 24.6 Å². The predicted octanol–water partition coefficient (Wildman–Crippen LogP) is 2.53. The number of nitrogens with zero attached hydrogens (tertiary/aromatic N) is 2. The van der Waals surface area contributed by atoms with Crippen LogP contribution in [-0.2, 0) is 10.0 Å². The molecule has 114 valence electrons. The van der Waals surface area contributed by atoms with E-state index in [1.807, 2.05) is 0 Å². The maximum absolute atomic E-state index is 12.0. The maximum Gasteiger partial charge on any atom is 0.232 e. The van der Waals surface area contributed by atoms with Gasteiger partial charge in [-0.1, -0.05) is 26.2 Å². The second-order valence-corrected chi connectivity index (χ2v) is 6.83. The zero-order valence-electron chi connectivity index (χ0n) is 12.0. The molecule has 0 aliphatic rings. The molecule has 1 aromatic heterocycles. The molecule has 7 heteroatoms. The topological polar surface area (TPSA) is 98.0 Å². The third-order valence-electron chi connectivity index (χ3n) is 3.14. The summed E-state index contributed by atoms with van der Waals surface area (Å²) in [6.07, 6.45) is 5.33. The Bertz CT molecular complexity index is 716. The first-order valence-corrected chi connectivity index (χ1v) is 8.68. The second kappa shape index (κ2) is 6.71. The fourth-order valence-electron chi connectivity index (χ4n) is 2.06. The average molecular weight is 308 g/mol. The van der Waals surface area contributed by atoms with Gasteiger partial charge in [-0.15, -0.1) is 0 Å². The minimum atomic E-state index is -3.31. The van der Waals surface area contributed by atoms with Gasteiger partial charge in [0.25, 0.3) is 0 Å². The Balaban J connectivity index is 2.06. The van der Waals surface area contributed by atoms with Crippen LogP contribution in [0.15, 0.2) is 24.4 Å². The van der Waals surface area contributed by atoms with Crippen LogP contribution < -0.4 is 10.5 Å². The number of aromatic nitrogens is 2. The summed E-state index contributed by atoms with van der Waals surface area (Å²) < 4.78 is 26.6. The number of anilines is 2. The molecule has 0 fully saturated rings. The van der Waals surface area contributed by atoms with E-state index in [2.05, 4.69) is 21.6 Å². The molecule has 0 saturated heterocycles. The summed E-state index contributed by atoms with van der Waals surface area (Å²) in [5.41, 5.74) is 6.72. The third kappa shape index (κ3) is 4.56. The van der Waals surface area contributed by atoms with Crippen LogP contribution in [0.4, 0.5) is 11.6 Å². The Morgan fingerprint density at radius 1 is 1.24 bits per heavy atom. The van der Waals surface area contributed by atoms with Crippen molar-refractivity contribution in [3.8, 4) is 0 Å². The number of nitrogens with one attached hydrogen (secondary N) is 1. The molecule has 0 radical (unpaired) electrons. The van der Waals surface area contributed by atoms with E-state index in [9.17, 15) is 8.42 Å². The quantitative estimate of drug-likeness (QED) is 0.766. The monoisotopic (exact) mass is 308 g/mol. The molecule has 0 saturated carbocycles. The van der Waals surface area contributed by atoms with E-state index >= 15 is 0 Å². The lowest BCUT2D eigenvalue weighted by Gasteiger charge is -2.08. The molecule has 6 nitrogen and oxygen atoms in total. The van der Waals surface area contributed by atoms with Gasteiger partial charge in [-0.25, -0.2) is 18.4 Å². The number of hydrogen-bond acceptors (Lipinski definition) is 5. The summed E-state index contributed by atoms with van der Waals surface area (Å²) in [4.78, 5) is 7.98. The first-order chi connectivity index (χ1) is 10.00. The smallest absolute Gasteiger partial charge is 0.232 e. The number of hydrogen-bond donors (Lipinski definition) is 2. The molecule has 1 aromatic carbocycles. The van der Waals surface area contributed by atoms with Crippen LogP contribution in [0.1, 0.15) is 32.6 Å². The Kier molecular flexibility index (Phi) is 4.95. The number of nitrogens with two attached hydrogens (primary N) is 1. The standard InChI is InChI=1S/C14H20N4O2S/c1-2-3-4-5-8-21(19,20)18-12-6-7-13-11(9-12)10-16-14(15)17-13/h6-7,9-10,18H,2-5,8H2,1H3,(H2,15,16,17). The number of rotatable bonds is 7. The molecular formula is C14H20N4O2S. The van der Waals surface area contributed by atoms with Gasteiger partial charge >= 0.3 is 0 Å². The fourth-order valence-corrected chi connectivity index (χ4v) is 3.23. The van der Waals surface area contributed by atoms with E-state index in [1.165, 1.54) is 0 Å². The van der Waals surface area contributed by atoms with Gasteiger partial charge in [0.1, 0.15) is 0 Å². The summed E-state index contributed by atoms with van der Waals surface area (Å²) in [5, 5.41) is 0.746. The zero-order chi connectivity index (χ0) is 15.3. The highest BCUT2D eigenvalue weighted by atomic mass is 32.2.